The van der Waals surface area contributed by atoms with Crippen LogP contribution in [-0.2, 0) is 0 Å². The molecule has 4 unspecified atom stereocenters. The lowest BCUT2D eigenvalue weighted by Gasteiger charge is -2.26. The summed E-state index contributed by atoms with van der Waals surface area (Å²) in [5, 5.41) is 54.9. The van der Waals surface area contributed by atoms with Crippen LogP contribution in [-0.4, -0.2) is 67.1 Å². The number of rotatable bonds is 6. The standard InChI is InChI=1S/C41H30N4O11/c1-18-3-7-23(8-4-18)56-24-9-5-20(6-10-24)43-35(48)29-16-31-32(17-30(29)36(43)49)40(53)45(39(31)52)22-12-19(41(54)55)11-21(13-22)44-37(50)27-14-25-26(15-28(27)38(44)51)34(47)42(2)33(25)46/h3-17,33,35,37,39,46,48,50,52H,1-2H3,(H,54,55). The number of amides is 4. The van der Waals surface area contributed by atoms with Crippen molar-refractivity contribution in [3.05, 3.63) is 147 Å². The van der Waals surface area contributed by atoms with Crippen molar-refractivity contribution < 1.29 is 54.2 Å². The van der Waals surface area contributed by atoms with Crippen LogP contribution in [0.4, 0.5) is 17.1 Å². The van der Waals surface area contributed by atoms with Crippen LogP contribution in [0.15, 0.2) is 91.0 Å². The molecule has 0 aromatic heterocycles. The highest BCUT2D eigenvalue weighted by atomic mass is 16.5. The molecule has 5 aromatic rings. The van der Waals surface area contributed by atoms with E-state index in [1.165, 1.54) is 37.4 Å². The number of benzene rings is 5. The van der Waals surface area contributed by atoms with E-state index in [0.717, 1.165) is 37.3 Å². The molecule has 4 amide bonds. The van der Waals surface area contributed by atoms with Gasteiger partial charge in [-0.25, -0.2) is 4.79 Å². The first-order valence-electron chi connectivity index (χ1n) is 17.3. The molecule has 0 radical (unpaired) electrons. The Morgan fingerprint density at radius 3 is 1.36 bits per heavy atom. The van der Waals surface area contributed by atoms with Crippen LogP contribution in [0.25, 0.3) is 0 Å². The van der Waals surface area contributed by atoms with Crippen molar-refractivity contribution in [2.45, 2.75) is 31.8 Å². The summed E-state index contributed by atoms with van der Waals surface area (Å²) in [7, 11) is 1.39. The average Bonchev–Trinajstić information content (AvgIpc) is 3.77. The van der Waals surface area contributed by atoms with E-state index in [4.69, 9.17) is 4.74 Å². The smallest absolute Gasteiger partial charge is 0.335 e. The van der Waals surface area contributed by atoms with Gasteiger partial charge < -0.3 is 35.2 Å². The summed E-state index contributed by atoms with van der Waals surface area (Å²) in [6.45, 7) is 1.96. The maximum Gasteiger partial charge on any atom is 0.335 e. The number of aryl methyl sites for hydroxylation is 1. The second-order valence-corrected chi connectivity index (χ2v) is 13.9. The first-order chi connectivity index (χ1) is 26.7. The predicted octanol–water partition coefficient (Wildman–Crippen LogP) is 4.52. The summed E-state index contributed by atoms with van der Waals surface area (Å²) >= 11 is 0. The fraction of sp³-hybridized carbons (Fsp3) is 0.146. The molecular formula is C41H30N4O11. The molecule has 15 nitrogen and oxygen atoms in total. The molecular weight excluding hydrogens is 724 g/mol. The van der Waals surface area contributed by atoms with Gasteiger partial charge in [-0.05, 0) is 85.8 Å². The van der Waals surface area contributed by atoms with E-state index >= 15 is 0 Å². The molecule has 0 bridgehead atoms. The van der Waals surface area contributed by atoms with Crippen LogP contribution in [0.5, 0.6) is 11.5 Å². The summed E-state index contributed by atoms with van der Waals surface area (Å²) in [6, 6.07) is 22.7. The zero-order valence-corrected chi connectivity index (χ0v) is 29.4. The Morgan fingerprint density at radius 1 is 0.518 bits per heavy atom. The van der Waals surface area contributed by atoms with Gasteiger partial charge in [0, 0.05) is 68.6 Å². The summed E-state index contributed by atoms with van der Waals surface area (Å²) in [4.78, 5) is 70.5. The van der Waals surface area contributed by atoms with Crippen molar-refractivity contribution in [3.63, 3.8) is 0 Å². The van der Waals surface area contributed by atoms with E-state index in [-0.39, 0.29) is 55.9 Å². The molecule has 4 atom stereocenters. The minimum Gasteiger partial charge on any atom is -0.478 e. The van der Waals surface area contributed by atoms with Crippen molar-refractivity contribution >= 4 is 46.7 Å². The molecule has 0 saturated heterocycles. The van der Waals surface area contributed by atoms with Gasteiger partial charge >= 0.3 is 5.97 Å². The van der Waals surface area contributed by atoms with Gasteiger partial charge in [-0.3, -0.25) is 33.9 Å². The number of carboxylic acids is 1. The lowest BCUT2D eigenvalue weighted by atomic mass is 10.0. The number of hydrogen-bond acceptors (Lipinski definition) is 10. The number of aromatic carboxylic acids is 1. The average molecular weight is 755 g/mol. The Kier molecular flexibility index (Phi) is 7.65. The number of carbonyl (C=O) groups is 5. The van der Waals surface area contributed by atoms with E-state index < -0.39 is 60.1 Å². The number of aliphatic hydroxyl groups excluding tert-OH is 4. The molecule has 4 aliphatic heterocycles. The van der Waals surface area contributed by atoms with E-state index in [1.807, 2.05) is 31.2 Å². The Labute approximate surface area is 317 Å². The van der Waals surface area contributed by atoms with Crippen LogP contribution < -0.4 is 19.4 Å². The molecule has 4 aliphatic rings. The Bertz CT molecular complexity index is 2590. The minimum atomic E-state index is -1.71. The molecule has 0 fully saturated rings. The largest absolute Gasteiger partial charge is 0.478 e. The van der Waals surface area contributed by atoms with Gasteiger partial charge in [-0.2, -0.15) is 0 Å². The molecule has 280 valence electrons. The van der Waals surface area contributed by atoms with Crippen LogP contribution in [0.1, 0.15) is 105 Å². The number of ether oxygens (including phenoxy) is 1. The van der Waals surface area contributed by atoms with E-state index in [1.54, 1.807) is 24.3 Å². The Hall–Kier alpha value is -6.91. The van der Waals surface area contributed by atoms with Crippen LogP contribution >= 0.6 is 0 Å². The van der Waals surface area contributed by atoms with Gasteiger partial charge in [0.2, 0.25) is 0 Å². The quantitative estimate of drug-likeness (QED) is 0.163. The fourth-order valence-electron chi connectivity index (χ4n) is 7.70. The molecule has 15 heteroatoms. The molecule has 9 rings (SSSR count). The summed E-state index contributed by atoms with van der Waals surface area (Å²) in [5.74, 6) is -3.03. The highest BCUT2D eigenvalue weighted by molar-refractivity contribution is 6.17. The number of carboxylic acid groups (broad SMARTS) is 1. The van der Waals surface area contributed by atoms with Crippen LogP contribution in [0, 0.1) is 6.92 Å². The Morgan fingerprint density at radius 2 is 0.911 bits per heavy atom. The van der Waals surface area contributed by atoms with Gasteiger partial charge in [-0.1, -0.05) is 17.7 Å². The number of fused-ring (bicyclic) bond motifs is 4. The molecule has 0 aliphatic carbocycles. The molecule has 5 aromatic carbocycles. The fourth-order valence-corrected chi connectivity index (χ4v) is 7.70. The molecule has 0 spiro atoms. The monoisotopic (exact) mass is 754 g/mol. The molecule has 4 heterocycles. The maximum atomic E-state index is 14.0. The van der Waals surface area contributed by atoms with Gasteiger partial charge in [0.1, 0.15) is 11.5 Å². The summed E-state index contributed by atoms with van der Waals surface area (Å²) < 4.78 is 5.88. The van der Waals surface area contributed by atoms with Gasteiger partial charge in [-0.15, -0.1) is 0 Å². The van der Waals surface area contributed by atoms with E-state index in [9.17, 15) is 49.5 Å². The SMILES string of the molecule is Cc1ccc(Oc2ccc(N3C(=O)c4cc5c(cc4C3O)C(O)N(c3cc(C(=O)O)cc(N4C(=O)c6cc7c(cc6C4O)C(O)N(C)C7=O)c3)C5=O)cc2)cc1. The highest BCUT2D eigenvalue weighted by Crippen LogP contribution is 2.46. The van der Waals surface area contributed by atoms with Crippen molar-refractivity contribution in [1.29, 1.82) is 0 Å². The summed E-state index contributed by atoms with van der Waals surface area (Å²) in [5.41, 5.74) is 1.14. The zero-order valence-electron chi connectivity index (χ0n) is 29.4. The van der Waals surface area contributed by atoms with Crippen molar-refractivity contribution in [2.24, 2.45) is 0 Å². The van der Waals surface area contributed by atoms with E-state index in [0.29, 0.717) is 17.2 Å². The Balaban J connectivity index is 1.01. The first kappa shape index (κ1) is 34.8. The van der Waals surface area contributed by atoms with E-state index in [2.05, 4.69) is 0 Å². The normalized spacial score (nSPS) is 20.8. The molecule has 0 saturated carbocycles. The topological polar surface area (TPSA) is 209 Å². The zero-order chi connectivity index (χ0) is 39.5. The highest BCUT2D eigenvalue weighted by Gasteiger charge is 2.45. The lowest BCUT2D eigenvalue weighted by Crippen LogP contribution is -2.30. The predicted molar refractivity (Wildman–Crippen MR) is 196 cm³/mol. The number of nitrogens with zero attached hydrogens (tertiary/aromatic N) is 4. The van der Waals surface area contributed by atoms with Crippen LogP contribution in [0.3, 0.4) is 0 Å². The summed E-state index contributed by atoms with van der Waals surface area (Å²) in [6.07, 6.45) is -6.16. The first-order valence-corrected chi connectivity index (χ1v) is 17.3. The number of aliphatic hydroxyl groups is 4. The van der Waals surface area contributed by atoms with Crippen molar-refractivity contribution in [2.75, 3.05) is 21.7 Å². The van der Waals surface area contributed by atoms with Gasteiger partial charge in [0.05, 0.1) is 5.56 Å². The van der Waals surface area contributed by atoms with Crippen molar-refractivity contribution in [1.82, 2.24) is 4.90 Å². The number of carbonyl (C=O) groups excluding carboxylic acids is 4. The van der Waals surface area contributed by atoms with Gasteiger partial charge in [0.15, 0.2) is 24.9 Å². The van der Waals surface area contributed by atoms with Gasteiger partial charge in [0.25, 0.3) is 23.6 Å². The third-order valence-corrected chi connectivity index (χ3v) is 10.6. The lowest BCUT2D eigenvalue weighted by molar-refractivity contribution is 0.0300. The molecule has 56 heavy (non-hydrogen) atoms. The minimum absolute atomic E-state index is 0.0175. The second kappa shape index (κ2) is 12.3. The number of anilines is 3. The third kappa shape index (κ3) is 5.03. The van der Waals surface area contributed by atoms with Crippen molar-refractivity contribution in [3.8, 4) is 11.5 Å². The van der Waals surface area contributed by atoms with Crippen LogP contribution in [0.2, 0.25) is 0 Å². The maximum absolute atomic E-state index is 14.0. The number of hydrogen-bond donors (Lipinski definition) is 5. The molecule has 5 N–H and O–H groups in total. The second-order valence-electron chi connectivity index (χ2n) is 13.9. The third-order valence-electron chi connectivity index (χ3n) is 10.6.